The van der Waals surface area contributed by atoms with Crippen LogP contribution in [0.1, 0.15) is 17.5 Å². The predicted octanol–water partition coefficient (Wildman–Crippen LogP) is 0.877. The molecule has 1 aliphatic rings. The van der Waals surface area contributed by atoms with Crippen LogP contribution in [0.2, 0.25) is 0 Å². The van der Waals surface area contributed by atoms with Crippen molar-refractivity contribution >= 4 is 19.0 Å². The number of nitrogens with zero attached hydrogens (tertiary/aromatic N) is 1. The minimum atomic E-state index is -0.394. The summed E-state index contributed by atoms with van der Waals surface area (Å²) >= 11 is 0. The Morgan fingerprint density at radius 2 is 2.15 bits per heavy atom. The third kappa shape index (κ3) is 1.32. The molecule has 13 heavy (non-hydrogen) atoms. The van der Waals surface area contributed by atoms with Gasteiger partial charge in [-0.25, -0.2) is 0 Å². The molecule has 1 aromatic rings. The molecule has 0 aromatic heterocycles. The molecule has 0 amide bonds. The van der Waals surface area contributed by atoms with Crippen LogP contribution in [0.15, 0.2) is 12.1 Å². The highest BCUT2D eigenvalue weighted by atomic mass is 16.6. The van der Waals surface area contributed by atoms with Crippen molar-refractivity contribution in [3.05, 3.63) is 33.4 Å². The Bertz CT molecular complexity index is 376. The molecule has 2 radical (unpaired) electrons. The molecule has 0 fully saturated rings. The van der Waals surface area contributed by atoms with E-state index in [1.165, 1.54) is 6.07 Å². The number of hydrogen-bond donors (Lipinski definition) is 0. The zero-order valence-corrected chi connectivity index (χ0v) is 7.12. The van der Waals surface area contributed by atoms with Gasteiger partial charge in [-0.2, -0.15) is 0 Å². The maximum Gasteiger partial charge on any atom is 0.269 e. The maximum atomic E-state index is 10.5. The first-order valence-electron chi connectivity index (χ1n) is 4.24. The zero-order chi connectivity index (χ0) is 9.42. The molecule has 1 aromatic carbocycles. The van der Waals surface area contributed by atoms with Gasteiger partial charge < -0.3 is 0 Å². The predicted molar refractivity (Wildman–Crippen MR) is 50.5 cm³/mol. The second kappa shape index (κ2) is 2.87. The first-order chi connectivity index (χ1) is 6.18. The SMILES string of the molecule is [B]c1cc([N+](=O)[O-])cc2c1CCC2. The van der Waals surface area contributed by atoms with Crippen LogP contribution >= 0.6 is 0 Å². The first kappa shape index (κ1) is 8.29. The molecule has 0 saturated heterocycles. The minimum Gasteiger partial charge on any atom is -0.258 e. The van der Waals surface area contributed by atoms with E-state index in [4.69, 9.17) is 7.85 Å². The van der Waals surface area contributed by atoms with Gasteiger partial charge in [0, 0.05) is 12.1 Å². The molecule has 0 unspecified atom stereocenters. The van der Waals surface area contributed by atoms with Gasteiger partial charge in [0.15, 0.2) is 0 Å². The zero-order valence-electron chi connectivity index (χ0n) is 7.12. The summed E-state index contributed by atoms with van der Waals surface area (Å²) in [6.45, 7) is 0. The summed E-state index contributed by atoms with van der Waals surface area (Å²) < 4.78 is 0. The topological polar surface area (TPSA) is 43.1 Å². The van der Waals surface area contributed by atoms with Crippen molar-refractivity contribution < 1.29 is 4.92 Å². The van der Waals surface area contributed by atoms with Crippen LogP contribution in [0.3, 0.4) is 0 Å². The van der Waals surface area contributed by atoms with Gasteiger partial charge in [-0.1, -0.05) is 11.0 Å². The Morgan fingerprint density at radius 1 is 1.38 bits per heavy atom. The third-order valence-corrected chi connectivity index (χ3v) is 2.45. The number of nitro benzene ring substituents is 1. The van der Waals surface area contributed by atoms with E-state index < -0.39 is 4.92 Å². The molecule has 3 nitrogen and oxygen atoms in total. The van der Waals surface area contributed by atoms with Gasteiger partial charge in [0.1, 0.15) is 7.85 Å². The van der Waals surface area contributed by atoms with Gasteiger partial charge in [0.05, 0.1) is 4.92 Å². The van der Waals surface area contributed by atoms with E-state index in [0.717, 1.165) is 30.4 Å². The molecule has 0 heterocycles. The molecule has 0 aliphatic heterocycles. The van der Waals surface area contributed by atoms with Crippen molar-refractivity contribution in [2.75, 3.05) is 0 Å². The van der Waals surface area contributed by atoms with Crippen LogP contribution in [0.4, 0.5) is 5.69 Å². The molecule has 0 atom stereocenters. The van der Waals surface area contributed by atoms with Crippen molar-refractivity contribution in [1.82, 2.24) is 0 Å². The molecule has 0 saturated carbocycles. The molecule has 1 aliphatic carbocycles. The van der Waals surface area contributed by atoms with E-state index in [0.29, 0.717) is 5.46 Å². The van der Waals surface area contributed by atoms with Crippen molar-refractivity contribution in [2.45, 2.75) is 19.3 Å². The maximum absolute atomic E-state index is 10.5. The van der Waals surface area contributed by atoms with Crippen LogP contribution in [0.25, 0.3) is 0 Å². The van der Waals surface area contributed by atoms with Gasteiger partial charge in [-0.3, -0.25) is 10.1 Å². The molecular weight excluding hydrogens is 165 g/mol. The fourth-order valence-corrected chi connectivity index (χ4v) is 1.83. The van der Waals surface area contributed by atoms with Crippen molar-refractivity contribution in [1.29, 1.82) is 0 Å². The summed E-state index contributed by atoms with van der Waals surface area (Å²) in [5.74, 6) is 0. The van der Waals surface area contributed by atoms with E-state index in [9.17, 15) is 10.1 Å². The third-order valence-electron chi connectivity index (χ3n) is 2.45. The normalized spacial score (nSPS) is 14.2. The highest BCUT2D eigenvalue weighted by Gasteiger charge is 2.17. The quantitative estimate of drug-likeness (QED) is 0.359. The first-order valence-corrected chi connectivity index (χ1v) is 4.24. The Hall–Kier alpha value is -1.32. The fraction of sp³-hybridized carbons (Fsp3) is 0.333. The average Bonchev–Trinajstić information content (AvgIpc) is 2.51. The van der Waals surface area contributed by atoms with Crippen molar-refractivity contribution in [3.8, 4) is 0 Å². The number of benzene rings is 1. The molecule has 0 N–H and O–H groups in total. The van der Waals surface area contributed by atoms with Crippen molar-refractivity contribution in [2.24, 2.45) is 0 Å². The number of fused-ring (bicyclic) bond motifs is 1. The summed E-state index contributed by atoms with van der Waals surface area (Å²) in [6.07, 6.45) is 2.93. The van der Waals surface area contributed by atoms with E-state index >= 15 is 0 Å². The van der Waals surface area contributed by atoms with Gasteiger partial charge in [0.25, 0.3) is 5.69 Å². The van der Waals surface area contributed by atoms with E-state index in [-0.39, 0.29) is 5.69 Å². The molecule has 0 bridgehead atoms. The second-order valence-corrected chi connectivity index (χ2v) is 3.28. The second-order valence-electron chi connectivity index (χ2n) is 3.28. The van der Waals surface area contributed by atoms with Gasteiger partial charge >= 0.3 is 0 Å². The summed E-state index contributed by atoms with van der Waals surface area (Å²) in [5.41, 5.74) is 2.83. The average molecular weight is 173 g/mol. The lowest BCUT2D eigenvalue weighted by Gasteiger charge is -2.03. The largest absolute Gasteiger partial charge is 0.269 e. The van der Waals surface area contributed by atoms with Crippen LogP contribution in [0.5, 0.6) is 0 Å². The van der Waals surface area contributed by atoms with E-state index in [1.807, 2.05) is 0 Å². The number of non-ortho nitro benzene ring substituents is 1. The number of hydrogen-bond acceptors (Lipinski definition) is 2. The Balaban J connectivity index is 2.55. The summed E-state index contributed by atoms with van der Waals surface area (Å²) in [4.78, 5) is 10.1. The van der Waals surface area contributed by atoms with Crippen LogP contribution in [-0.4, -0.2) is 12.8 Å². The van der Waals surface area contributed by atoms with Crippen molar-refractivity contribution in [3.63, 3.8) is 0 Å². The fourth-order valence-electron chi connectivity index (χ4n) is 1.83. The molecule has 0 spiro atoms. The van der Waals surface area contributed by atoms with Gasteiger partial charge in [-0.05, 0) is 24.8 Å². The smallest absolute Gasteiger partial charge is 0.258 e. The minimum absolute atomic E-state index is 0.109. The molecular formula is C9H8BNO2. The summed E-state index contributed by atoms with van der Waals surface area (Å²) in [5, 5.41) is 10.5. The Morgan fingerprint density at radius 3 is 2.85 bits per heavy atom. The van der Waals surface area contributed by atoms with Gasteiger partial charge in [-0.15, -0.1) is 0 Å². The van der Waals surface area contributed by atoms with Crippen LogP contribution in [0, 0.1) is 10.1 Å². The molecule has 4 heteroatoms. The lowest BCUT2D eigenvalue weighted by atomic mass is 9.88. The van der Waals surface area contributed by atoms with Crippen LogP contribution in [-0.2, 0) is 12.8 Å². The van der Waals surface area contributed by atoms with Gasteiger partial charge in [0.2, 0.25) is 0 Å². The Kier molecular flexibility index (Phi) is 1.83. The molecule has 2 rings (SSSR count). The number of aryl methyl sites for hydroxylation is 1. The highest BCUT2D eigenvalue weighted by Crippen LogP contribution is 2.23. The lowest BCUT2D eigenvalue weighted by molar-refractivity contribution is -0.384. The molecule has 64 valence electrons. The monoisotopic (exact) mass is 173 g/mol. The van der Waals surface area contributed by atoms with Crippen LogP contribution < -0.4 is 5.46 Å². The van der Waals surface area contributed by atoms with E-state index in [1.54, 1.807) is 6.07 Å². The lowest BCUT2D eigenvalue weighted by Crippen LogP contribution is -2.11. The summed E-state index contributed by atoms with van der Waals surface area (Å²) in [7, 11) is 5.71. The standard InChI is InChI=1S/C9H8BNO2/c10-9-5-7(11(12)13)4-6-2-1-3-8(6)9/h4-5H,1-3H2. The Labute approximate surface area is 77.3 Å². The summed E-state index contributed by atoms with van der Waals surface area (Å²) in [6, 6.07) is 3.09. The number of nitro groups is 1. The van der Waals surface area contributed by atoms with E-state index in [2.05, 4.69) is 0 Å². The highest BCUT2D eigenvalue weighted by molar-refractivity contribution is 6.33. The number of rotatable bonds is 1.